The molecule has 0 saturated carbocycles. The highest BCUT2D eigenvalue weighted by atomic mass is 32.1. The van der Waals surface area contributed by atoms with Gasteiger partial charge in [-0.05, 0) is 12.5 Å². The lowest BCUT2D eigenvalue weighted by Gasteiger charge is -1.96. The Bertz CT molecular complexity index is 290. The number of hydrogen-bond donors (Lipinski definition) is 1. The van der Waals surface area contributed by atoms with Crippen molar-refractivity contribution in [2.24, 2.45) is 0 Å². The summed E-state index contributed by atoms with van der Waals surface area (Å²) in [6.45, 7) is 2.29. The quantitative estimate of drug-likeness (QED) is 0.784. The first kappa shape index (κ1) is 9.22. The van der Waals surface area contributed by atoms with E-state index >= 15 is 0 Å². The van der Waals surface area contributed by atoms with Crippen molar-refractivity contribution in [3.63, 3.8) is 0 Å². The summed E-state index contributed by atoms with van der Waals surface area (Å²) in [6, 6.07) is 0. The molecule has 0 aliphatic carbocycles. The maximum atomic E-state index is 10.6. The minimum Gasteiger partial charge on any atom is -0.478 e. The monoisotopic (exact) mass is 186 g/mol. The molecule has 1 N–H and O–H groups in total. The Hall–Kier alpha value is -0.870. The highest BCUT2D eigenvalue weighted by Gasteiger charge is 2.12. The zero-order valence-corrected chi connectivity index (χ0v) is 7.77. The summed E-state index contributed by atoms with van der Waals surface area (Å²) >= 11 is 1.42. The summed E-state index contributed by atoms with van der Waals surface area (Å²) in [7, 11) is 1.60. The Morgan fingerprint density at radius 2 is 2.42 bits per heavy atom. The first-order chi connectivity index (χ1) is 5.66. The lowest BCUT2D eigenvalue weighted by atomic mass is 10.2. The van der Waals surface area contributed by atoms with Crippen LogP contribution in [0.3, 0.4) is 0 Å². The van der Waals surface area contributed by atoms with Crippen molar-refractivity contribution in [2.45, 2.75) is 13.5 Å². The van der Waals surface area contributed by atoms with Crippen LogP contribution in [0.4, 0.5) is 0 Å². The third-order valence-corrected chi connectivity index (χ3v) is 2.71. The fourth-order valence-electron chi connectivity index (χ4n) is 0.941. The third kappa shape index (κ3) is 1.65. The zero-order chi connectivity index (χ0) is 9.14. The van der Waals surface area contributed by atoms with Crippen molar-refractivity contribution in [1.82, 2.24) is 0 Å². The van der Waals surface area contributed by atoms with Crippen molar-refractivity contribution < 1.29 is 14.6 Å². The van der Waals surface area contributed by atoms with E-state index in [4.69, 9.17) is 9.84 Å². The van der Waals surface area contributed by atoms with E-state index in [0.29, 0.717) is 12.2 Å². The van der Waals surface area contributed by atoms with E-state index in [1.165, 1.54) is 11.3 Å². The van der Waals surface area contributed by atoms with Crippen LogP contribution in [0.25, 0.3) is 0 Å². The molecular weight excluding hydrogens is 176 g/mol. The average molecular weight is 186 g/mol. The Labute approximate surface area is 74.6 Å². The van der Waals surface area contributed by atoms with Crippen molar-refractivity contribution in [1.29, 1.82) is 0 Å². The Kier molecular flexibility index (Phi) is 2.83. The molecule has 0 amide bonds. The zero-order valence-electron chi connectivity index (χ0n) is 6.96. The van der Waals surface area contributed by atoms with Gasteiger partial charge in [-0.2, -0.15) is 0 Å². The van der Waals surface area contributed by atoms with E-state index in [2.05, 4.69) is 0 Å². The molecule has 1 aromatic rings. The summed E-state index contributed by atoms with van der Waals surface area (Å²) in [4.78, 5) is 11.6. The van der Waals surface area contributed by atoms with Crippen LogP contribution in [-0.4, -0.2) is 18.2 Å². The maximum Gasteiger partial charge on any atom is 0.336 e. The summed E-state index contributed by atoms with van der Waals surface area (Å²) < 4.78 is 4.92. The molecule has 0 aliphatic heterocycles. The molecule has 0 unspecified atom stereocenters. The maximum absolute atomic E-state index is 10.6. The molecule has 0 saturated heterocycles. The topological polar surface area (TPSA) is 46.5 Å². The first-order valence-corrected chi connectivity index (χ1v) is 4.34. The van der Waals surface area contributed by atoms with Gasteiger partial charge in [0.25, 0.3) is 0 Å². The van der Waals surface area contributed by atoms with Crippen LogP contribution in [0.15, 0.2) is 5.38 Å². The number of methoxy groups -OCH3 is 1. The Morgan fingerprint density at radius 3 is 2.83 bits per heavy atom. The summed E-state index contributed by atoms with van der Waals surface area (Å²) in [5, 5.41) is 10.4. The van der Waals surface area contributed by atoms with Crippen molar-refractivity contribution in [2.75, 3.05) is 7.11 Å². The standard InChI is InChI=1S/C8H10O3S/c1-5-6(8(9)10)4-12-7(5)3-11-2/h4H,3H2,1-2H3,(H,9,10). The second-order valence-electron chi connectivity index (χ2n) is 2.44. The minimum absolute atomic E-state index is 0.382. The predicted octanol–water partition coefficient (Wildman–Crippen LogP) is 1.90. The SMILES string of the molecule is COCc1scc(C(=O)O)c1C. The van der Waals surface area contributed by atoms with Crippen molar-refractivity contribution in [3.05, 3.63) is 21.4 Å². The van der Waals surface area contributed by atoms with Gasteiger partial charge in [-0.1, -0.05) is 0 Å². The van der Waals surface area contributed by atoms with Crippen LogP contribution in [0.1, 0.15) is 20.8 Å². The molecule has 0 radical (unpaired) electrons. The van der Waals surface area contributed by atoms with Crippen LogP contribution >= 0.6 is 11.3 Å². The van der Waals surface area contributed by atoms with Crippen molar-refractivity contribution in [3.8, 4) is 0 Å². The Balaban J connectivity index is 2.96. The molecule has 0 bridgehead atoms. The Morgan fingerprint density at radius 1 is 1.75 bits per heavy atom. The summed E-state index contributed by atoms with van der Waals surface area (Å²) in [6.07, 6.45) is 0. The summed E-state index contributed by atoms with van der Waals surface area (Å²) in [5.74, 6) is -0.869. The van der Waals surface area contributed by atoms with Crippen LogP contribution in [0.2, 0.25) is 0 Å². The first-order valence-electron chi connectivity index (χ1n) is 3.46. The van der Waals surface area contributed by atoms with E-state index in [0.717, 1.165) is 10.4 Å². The molecule has 0 aromatic carbocycles. The summed E-state index contributed by atoms with van der Waals surface area (Å²) in [5.41, 5.74) is 1.20. The van der Waals surface area contributed by atoms with E-state index in [-0.39, 0.29) is 0 Å². The van der Waals surface area contributed by atoms with Crippen LogP contribution in [0, 0.1) is 6.92 Å². The fourth-order valence-corrected chi connectivity index (χ4v) is 1.95. The lowest BCUT2D eigenvalue weighted by Crippen LogP contribution is -1.97. The molecule has 12 heavy (non-hydrogen) atoms. The van der Waals surface area contributed by atoms with Gasteiger partial charge in [0.15, 0.2) is 0 Å². The molecule has 0 spiro atoms. The lowest BCUT2D eigenvalue weighted by molar-refractivity contribution is 0.0696. The van der Waals surface area contributed by atoms with Crippen LogP contribution < -0.4 is 0 Å². The fraction of sp³-hybridized carbons (Fsp3) is 0.375. The normalized spacial score (nSPS) is 10.2. The predicted molar refractivity (Wildman–Crippen MR) is 46.7 cm³/mol. The third-order valence-electron chi connectivity index (χ3n) is 1.65. The highest BCUT2D eigenvalue weighted by molar-refractivity contribution is 7.10. The van der Waals surface area contributed by atoms with E-state index in [9.17, 15) is 4.79 Å². The van der Waals surface area contributed by atoms with E-state index in [1.807, 2.05) is 0 Å². The number of carboxylic acid groups (broad SMARTS) is 1. The van der Waals surface area contributed by atoms with Gasteiger partial charge in [-0.15, -0.1) is 11.3 Å². The van der Waals surface area contributed by atoms with Gasteiger partial charge in [0, 0.05) is 17.4 Å². The number of aromatic carboxylic acids is 1. The van der Waals surface area contributed by atoms with Gasteiger partial charge in [0.05, 0.1) is 12.2 Å². The number of carbonyl (C=O) groups is 1. The van der Waals surface area contributed by atoms with Gasteiger partial charge in [-0.3, -0.25) is 0 Å². The molecule has 1 rings (SSSR count). The molecule has 66 valence electrons. The smallest absolute Gasteiger partial charge is 0.336 e. The average Bonchev–Trinajstić information content (AvgIpc) is 2.34. The van der Waals surface area contributed by atoms with Gasteiger partial charge in [-0.25, -0.2) is 4.79 Å². The number of hydrogen-bond acceptors (Lipinski definition) is 3. The highest BCUT2D eigenvalue weighted by Crippen LogP contribution is 2.22. The van der Waals surface area contributed by atoms with E-state index < -0.39 is 5.97 Å². The molecule has 4 heteroatoms. The van der Waals surface area contributed by atoms with Gasteiger partial charge >= 0.3 is 5.97 Å². The number of thiophene rings is 1. The number of rotatable bonds is 3. The van der Waals surface area contributed by atoms with Crippen LogP contribution in [0.5, 0.6) is 0 Å². The molecule has 1 heterocycles. The molecule has 3 nitrogen and oxygen atoms in total. The van der Waals surface area contributed by atoms with E-state index in [1.54, 1.807) is 19.4 Å². The molecular formula is C8H10O3S. The number of ether oxygens (including phenoxy) is 1. The second-order valence-corrected chi connectivity index (χ2v) is 3.40. The number of carboxylic acids is 1. The van der Waals surface area contributed by atoms with Crippen molar-refractivity contribution >= 4 is 17.3 Å². The minimum atomic E-state index is -0.869. The second kappa shape index (κ2) is 3.69. The van der Waals surface area contributed by atoms with Gasteiger partial charge in [0.2, 0.25) is 0 Å². The van der Waals surface area contributed by atoms with Crippen LogP contribution in [-0.2, 0) is 11.3 Å². The molecule has 0 fully saturated rings. The largest absolute Gasteiger partial charge is 0.478 e. The van der Waals surface area contributed by atoms with Gasteiger partial charge < -0.3 is 9.84 Å². The van der Waals surface area contributed by atoms with Gasteiger partial charge in [0.1, 0.15) is 0 Å². The molecule has 0 atom stereocenters. The molecule has 0 aliphatic rings. The molecule has 1 aromatic heterocycles.